The number of benzene rings is 1. The van der Waals surface area contributed by atoms with E-state index in [-0.39, 0.29) is 5.82 Å². The van der Waals surface area contributed by atoms with Gasteiger partial charge in [0.15, 0.2) is 5.82 Å². The largest absolute Gasteiger partial charge is 0.360 e. The standard InChI is InChI=1S/C15H17FN6/c1-3-21-9-8-17-14(21)10-18-15-11(2)22(20-19-15)13-6-4-12(16)5-7-13/h4-9,18H,3,10H2,1-2H3. The molecule has 2 aromatic heterocycles. The Kier molecular flexibility index (Phi) is 3.86. The van der Waals surface area contributed by atoms with Gasteiger partial charge in [0.2, 0.25) is 0 Å². The van der Waals surface area contributed by atoms with Gasteiger partial charge in [0.05, 0.1) is 17.9 Å². The molecule has 0 unspecified atom stereocenters. The van der Waals surface area contributed by atoms with Crippen LogP contribution in [-0.4, -0.2) is 24.5 Å². The van der Waals surface area contributed by atoms with Crippen molar-refractivity contribution in [2.45, 2.75) is 26.9 Å². The van der Waals surface area contributed by atoms with Crippen LogP contribution in [0.2, 0.25) is 0 Å². The van der Waals surface area contributed by atoms with Crippen LogP contribution in [-0.2, 0) is 13.1 Å². The van der Waals surface area contributed by atoms with Crippen LogP contribution in [0.1, 0.15) is 18.4 Å². The van der Waals surface area contributed by atoms with Crippen molar-refractivity contribution in [1.29, 1.82) is 0 Å². The summed E-state index contributed by atoms with van der Waals surface area (Å²) in [5, 5.41) is 11.5. The molecule has 0 spiro atoms. The molecule has 3 aromatic rings. The van der Waals surface area contributed by atoms with E-state index in [1.165, 1.54) is 12.1 Å². The van der Waals surface area contributed by atoms with Crippen molar-refractivity contribution in [2.24, 2.45) is 0 Å². The van der Waals surface area contributed by atoms with Crippen LogP contribution < -0.4 is 5.32 Å². The highest BCUT2D eigenvalue weighted by Crippen LogP contribution is 2.16. The second-order valence-electron chi connectivity index (χ2n) is 4.89. The average Bonchev–Trinajstić information content (AvgIpc) is 3.12. The molecule has 2 heterocycles. The Labute approximate surface area is 127 Å². The minimum absolute atomic E-state index is 0.272. The zero-order valence-electron chi connectivity index (χ0n) is 12.5. The summed E-state index contributed by atoms with van der Waals surface area (Å²) in [6, 6.07) is 6.15. The van der Waals surface area contributed by atoms with Crippen LogP contribution in [0.15, 0.2) is 36.7 Å². The van der Waals surface area contributed by atoms with E-state index in [0.29, 0.717) is 12.4 Å². The topological polar surface area (TPSA) is 60.6 Å². The minimum atomic E-state index is -0.272. The molecule has 3 rings (SSSR count). The molecule has 0 bridgehead atoms. The number of rotatable bonds is 5. The maximum Gasteiger partial charge on any atom is 0.172 e. The predicted octanol–water partition coefficient (Wildman–Crippen LogP) is 2.54. The number of aryl methyl sites for hydroxylation is 1. The van der Waals surface area contributed by atoms with Crippen molar-refractivity contribution < 1.29 is 4.39 Å². The van der Waals surface area contributed by atoms with Gasteiger partial charge in [-0.3, -0.25) is 0 Å². The molecule has 1 aromatic carbocycles. The zero-order valence-corrected chi connectivity index (χ0v) is 12.5. The molecule has 0 saturated carbocycles. The number of nitrogens with zero attached hydrogens (tertiary/aromatic N) is 5. The normalized spacial score (nSPS) is 10.9. The maximum absolute atomic E-state index is 13.0. The summed E-state index contributed by atoms with van der Waals surface area (Å²) in [4.78, 5) is 4.31. The first-order chi connectivity index (χ1) is 10.7. The van der Waals surface area contributed by atoms with E-state index in [0.717, 1.165) is 23.8 Å². The van der Waals surface area contributed by atoms with E-state index in [9.17, 15) is 4.39 Å². The van der Waals surface area contributed by atoms with Crippen LogP contribution in [0, 0.1) is 12.7 Å². The van der Waals surface area contributed by atoms with Crippen molar-refractivity contribution in [3.63, 3.8) is 0 Å². The molecule has 0 atom stereocenters. The smallest absolute Gasteiger partial charge is 0.172 e. The molecule has 0 aliphatic carbocycles. The molecule has 0 radical (unpaired) electrons. The predicted molar refractivity (Wildman–Crippen MR) is 81.3 cm³/mol. The average molecular weight is 300 g/mol. The van der Waals surface area contributed by atoms with Gasteiger partial charge in [0.1, 0.15) is 11.6 Å². The number of anilines is 1. The highest BCUT2D eigenvalue weighted by molar-refractivity contribution is 5.43. The van der Waals surface area contributed by atoms with Crippen molar-refractivity contribution in [3.8, 4) is 5.69 Å². The van der Waals surface area contributed by atoms with Gasteiger partial charge in [-0.15, -0.1) is 5.10 Å². The van der Waals surface area contributed by atoms with E-state index >= 15 is 0 Å². The Hall–Kier alpha value is -2.70. The molecular formula is C15H17FN6. The lowest BCUT2D eigenvalue weighted by atomic mass is 10.3. The maximum atomic E-state index is 13.0. The Morgan fingerprint density at radius 3 is 2.73 bits per heavy atom. The fraction of sp³-hybridized carbons (Fsp3) is 0.267. The number of aromatic nitrogens is 5. The van der Waals surface area contributed by atoms with Crippen molar-refractivity contribution >= 4 is 5.82 Å². The Bertz CT molecular complexity index is 759. The van der Waals surface area contributed by atoms with Gasteiger partial charge in [-0.25, -0.2) is 14.1 Å². The van der Waals surface area contributed by atoms with Gasteiger partial charge in [-0.2, -0.15) is 0 Å². The first kappa shape index (κ1) is 14.2. The van der Waals surface area contributed by atoms with Crippen LogP contribution in [0.3, 0.4) is 0 Å². The molecule has 6 nitrogen and oxygen atoms in total. The van der Waals surface area contributed by atoms with Gasteiger partial charge >= 0.3 is 0 Å². The minimum Gasteiger partial charge on any atom is -0.360 e. The quantitative estimate of drug-likeness (QED) is 0.786. The molecule has 0 saturated heterocycles. The molecule has 0 aliphatic heterocycles. The van der Waals surface area contributed by atoms with Gasteiger partial charge in [0.25, 0.3) is 0 Å². The first-order valence-corrected chi connectivity index (χ1v) is 7.11. The van der Waals surface area contributed by atoms with E-state index in [2.05, 4.69) is 32.1 Å². The van der Waals surface area contributed by atoms with Crippen molar-refractivity contribution in [3.05, 3.63) is 54.0 Å². The highest BCUT2D eigenvalue weighted by Gasteiger charge is 2.11. The SMILES string of the molecule is CCn1ccnc1CNc1nnn(-c2ccc(F)cc2)c1C. The van der Waals surface area contributed by atoms with Crippen LogP contribution in [0.4, 0.5) is 10.2 Å². The first-order valence-electron chi connectivity index (χ1n) is 7.11. The third-order valence-corrected chi connectivity index (χ3v) is 3.52. The van der Waals surface area contributed by atoms with Gasteiger partial charge < -0.3 is 9.88 Å². The summed E-state index contributed by atoms with van der Waals surface area (Å²) in [6.07, 6.45) is 3.72. The van der Waals surface area contributed by atoms with Crippen LogP contribution in [0.25, 0.3) is 5.69 Å². The number of hydrogen-bond donors (Lipinski definition) is 1. The number of imidazole rings is 1. The zero-order chi connectivity index (χ0) is 15.5. The van der Waals surface area contributed by atoms with E-state index in [1.807, 2.05) is 13.1 Å². The third-order valence-electron chi connectivity index (χ3n) is 3.52. The monoisotopic (exact) mass is 300 g/mol. The molecule has 0 amide bonds. The molecule has 0 aliphatic rings. The van der Waals surface area contributed by atoms with E-state index < -0.39 is 0 Å². The Morgan fingerprint density at radius 1 is 1.23 bits per heavy atom. The summed E-state index contributed by atoms with van der Waals surface area (Å²) >= 11 is 0. The molecule has 114 valence electrons. The number of halogens is 1. The van der Waals surface area contributed by atoms with Crippen molar-refractivity contribution in [2.75, 3.05) is 5.32 Å². The lowest BCUT2D eigenvalue weighted by molar-refractivity contribution is 0.626. The molecule has 1 N–H and O–H groups in total. The van der Waals surface area contributed by atoms with E-state index in [1.54, 1.807) is 23.0 Å². The summed E-state index contributed by atoms with van der Waals surface area (Å²) in [6.45, 7) is 5.43. The second kappa shape index (κ2) is 5.97. The molecule has 0 fully saturated rings. The third kappa shape index (κ3) is 2.69. The van der Waals surface area contributed by atoms with Gasteiger partial charge in [-0.05, 0) is 38.1 Å². The van der Waals surface area contributed by atoms with Gasteiger partial charge in [-0.1, -0.05) is 5.21 Å². The lowest BCUT2D eigenvalue weighted by Gasteiger charge is -2.07. The Morgan fingerprint density at radius 2 is 2.00 bits per heavy atom. The lowest BCUT2D eigenvalue weighted by Crippen LogP contribution is -2.08. The summed E-state index contributed by atoms with van der Waals surface area (Å²) in [5.41, 5.74) is 1.63. The van der Waals surface area contributed by atoms with E-state index in [4.69, 9.17) is 0 Å². The van der Waals surface area contributed by atoms with Crippen LogP contribution in [0.5, 0.6) is 0 Å². The van der Waals surface area contributed by atoms with Crippen LogP contribution >= 0.6 is 0 Å². The summed E-state index contributed by atoms with van der Waals surface area (Å²) in [5.74, 6) is 1.36. The fourth-order valence-corrected chi connectivity index (χ4v) is 2.28. The summed E-state index contributed by atoms with van der Waals surface area (Å²) in [7, 11) is 0. The summed E-state index contributed by atoms with van der Waals surface area (Å²) < 4.78 is 16.7. The molecular weight excluding hydrogens is 283 g/mol. The number of hydrogen-bond acceptors (Lipinski definition) is 4. The highest BCUT2D eigenvalue weighted by atomic mass is 19.1. The number of nitrogens with one attached hydrogen (secondary N) is 1. The molecule has 7 heteroatoms. The van der Waals surface area contributed by atoms with Crippen molar-refractivity contribution in [1.82, 2.24) is 24.5 Å². The second-order valence-corrected chi connectivity index (χ2v) is 4.89. The molecule has 22 heavy (non-hydrogen) atoms. The Balaban J connectivity index is 1.77. The fourth-order valence-electron chi connectivity index (χ4n) is 2.28. The van der Waals surface area contributed by atoms with Gasteiger partial charge in [0, 0.05) is 18.9 Å².